The highest BCUT2D eigenvalue weighted by atomic mass is 16.3. The highest BCUT2D eigenvalue weighted by Gasteiger charge is 2.37. The van der Waals surface area contributed by atoms with Crippen LogP contribution in [-0.2, 0) is 0 Å². The Labute approximate surface area is 107 Å². The number of aromatic hydroxyl groups is 1. The molecule has 1 aliphatic carbocycles. The number of carbonyl (C=O) groups excluding carboxylic acids is 1. The quantitative estimate of drug-likeness (QED) is 0.826. The third kappa shape index (κ3) is 1.96. The Morgan fingerprint density at radius 2 is 2.11 bits per heavy atom. The molecule has 0 radical (unpaired) electrons. The minimum absolute atomic E-state index is 0.0231. The molecule has 2 atom stereocenters. The number of rotatable bonds is 1. The van der Waals surface area contributed by atoms with Crippen LogP contribution in [0.2, 0.25) is 0 Å². The van der Waals surface area contributed by atoms with E-state index in [9.17, 15) is 9.90 Å². The molecule has 0 spiro atoms. The van der Waals surface area contributed by atoms with Crippen LogP contribution in [-0.4, -0.2) is 33.5 Å². The second-order valence-electron chi connectivity index (χ2n) is 5.33. The fraction of sp³-hybridized carbons (Fsp3) is 0.571. The molecule has 1 aromatic heterocycles. The Kier molecular flexibility index (Phi) is 2.94. The molecule has 4 nitrogen and oxygen atoms in total. The number of pyridine rings is 1. The summed E-state index contributed by atoms with van der Waals surface area (Å²) in [4.78, 5) is 18.4. The number of carbonyl (C=O) groups is 1. The summed E-state index contributed by atoms with van der Waals surface area (Å²) in [5.41, 5.74) is 0.502. The third-order valence-corrected chi connectivity index (χ3v) is 4.22. The van der Waals surface area contributed by atoms with Gasteiger partial charge in [-0.3, -0.25) is 9.78 Å². The molecule has 1 aromatic rings. The maximum absolute atomic E-state index is 12.5. The second kappa shape index (κ2) is 4.59. The first-order chi connectivity index (χ1) is 8.75. The summed E-state index contributed by atoms with van der Waals surface area (Å²) in [6.45, 7) is 0.843. The van der Waals surface area contributed by atoms with Crippen LogP contribution in [0.3, 0.4) is 0 Å². The van der Waals surface area contributed by atoms with E-state index in [0.29, 0.717) is 17.5 Å². The molecule has 1 saturated carbocycles. The van der Waals surface area contributed by atoms with Gasteiger partial charge in [0.25, 0.3) is 5.91 Å². The Balaban J connectivity index is 1.83. The van der Waals surface area contributed by atoms with E-state index >= 15 is 0 Å². The maximum atomic E-state index is 12.5. The van der Waals surface area contributed by atoms with Crippen molar-refractivity contribution in [2.24, 2.45) is 5.92 Å². The number of hydrogen-bond acceptors (Lipinski definition) is 3. The van der Waals surface area contributed by atoms with E-state index in [1.807, 2.05) is 4.90 Å². The lowest BCUT2D eigenvalue weighted by Crippen LogP contribution is -2.46. The lowest BCUT2D eigenvalue weighted by molar-refractivity contribution is 0.0547. The van der Waals surface area contributed by atoms with Crippen molar-refractivity contribution in [1.29, 1.82) is 0 Å². The number of likely N-dealkylation sites (tertiary alicyclic amines) is 1. The average Bonchev–Trinajstić information content (AvgIpc) is 2.86. The molecule has 1 amide bonds. The van der Waals surface area contributed by atoms with Crippen molar-refractivity contribution in [3.05, 3.63) is 24.0 Å². The van der Waals surface area contributed by atoms with Crippen LogP contribution in [0, 0.1) is 5.92 Å². The Hall–Kier alpha value is -1.58. The zero-order valence-corrected chi connectivity index (χ0v) is 10.4. The van der Waals surface area contributed by atoms with Gasteiger partial charge < -0.3 is 10.0 Å². The molecular weight excluding hydrogens is 228 g/mol. The van der Waals surface area contributed by atoms with Gasteiger partial charge in [-0.2, -0.15) is 0 Å². The van der Waals surface area contributed by atoms with Gasteiger partial charge in [0.2, 0.25) is 0 Å². The number of piperidine rings is 1. The lowest BCUT2D eigenvalue weighted by atomic mass is 9.91. The van der Waals surface area contributed by atoms with Crippen LogP contribution in [0.15, 0.2) is 18.5 Å². The zero-order valence-electron chi connectivity index (χ0n) is 10.4. The summed E-state index contributed by atoms with van der Waals surface area (Å²) in [6, 6.07) is 1.92. The Morgan fingerprint density at radius 3 is 2.94 bits per heavy atom. The summed E-state index contributed by atoms with van der Waals surface area (Å²) in [5, 5.41) is 9.41. The van der Waals surface area contributed by atoms with Crippen molar-refractivity contribution < 1.29 is 9.90 Å². The maximum Gasteiger partial charge on any atom is 0.255 e. The van der Waals surface area contributed by atoms with Gasteiger partial charge in [-0.25, -0.2) is 0 Å². The third-order valence-electron chi connectivity index (χ3n) is 4.22. The SMILES string of the molecule is O=C(c1cncc(O)c1)N1CCCC2CCCC21. The molecule has 1 aliphatic heterocycles. The Bertz CT molecular complexity index is 461. The highest BCUT2D eigenvalue weighted by molar-refractivity contribution is 5.94. The van der Waals surface area contributed by atoms with Gasteiger partial charge in [0.15, 0.2) is 0 Å². The second-order valence-corrected chi connectivity index (χ2v) is 5.33. The van der Waals surface area contributed by atoms with Gasteiger partial charge in [-0.05, 0) is 37.7 Å². The van der Waals surface area contributed by atoms with Crippen molar-refractivity contribution in [3.63, 3.8) is 0 Å². The van der Waals surface area contributed by atoms with Crippen molar-refractivity contribution >= 4 is 5.91 Å². The molecule has 4 heteroatoms. The van der Waals surface area contributed by atoms with Crippen LogP contribution in [0.4, 0.5) is 0 Å². The first-order valence-corrected chi connectivity index (χ1v) is 6.70. The fourth-order valence-electron chi connectivity index (χ4n) is 3.42. The molecule has 2 fully saturated rings. The monoisotopic (exact) mass is 246 g/mol. The molecule has 2 aliphatic rings. The smallest absolute Gasteiger partial charge is 0.255 e. The van der Waals surface area contributed by atoms with Gasteiger partial charge in [-0.1, -0.05) is 6.42 Å². The van der Waals surface area contributed by atoms with Crippen LogP contribution in [0.25, 0.3) is 0 Å². The topological polar surface area (TPSA) is 53.4 Å². The summed E-state index contributed by atoms with van der Waals surface area (Å²) < 4.78 is 0. The van der Waals surface area contributed by atoms with Gasteiger partial charge in [0.1, 0.15) is 5.75 Å². The van der Waals surface area contributed by atoms with E-state index in [2.05, 4.69) is 4.98 Å². The number of amides is 1. The number of fused-ring (bicyclic) bond motifs is 1. The summed E-state index contributed by atoms with van der Waals surface area (Å²) in [7, 11) is 0. The molecule has 96 valence electrons. The minimum Gasteiger partial charge on any atom is -0.506 e. The van der Waals surface area contributed by atoms with Gasteiger partial charge in [0.05, 0.1) is 11.8 Å². The van der Waals surface area contributed by atoms with Crippen molar-refractivity contribution in [3.8, 4) is 5.75 Å². The molecule has 18 heavy (non-hydrogen) atoms. The molecule has 1 N–H and O–H groups in total. The largest absolute Gasteiger partial charge is 0.506 e. The van der Waals surface area contributed by atoms with Crippen molar-refractivity contribution in [2.45, 2.75) is 38.1 Å². The van der Waals surface area contributed by atoms with E-state index in [0.717, 1.165) is 19.4 Å². The van der Waals surface area contributed by atoms with Crippen molar-refractivity contribution in [2.75, 3.05) is 6.54 Å². The minimum atomic E-state index is 0.0231. The van der Waals surface area contributed by atoms with Gasteiger partial charge in [0, 0.05) is 18.8 Å². The van der Waals surface area contributed by atoms with Gasteiger partial charge in [-0.15, -0.1) is 0 Å². The Morgan fingerprint density at radius 1 is 1.28 bits per heavy atom. The molecule has 0 bridgehead atoms. The summed E-state index contributed by atoms with van der Waals surface area (Å²) >= 11 is 0. The van der Waals surface area contributed by atoms with E-state index in [1.165, 1.54) is 31.5 Å². The standard InChI is InChI=1S/C14H18N2O2/c17-12-7-11(8-15-9-12)14(18)16-6-2-4-10-3-1-5-13(10)16/h7-10,13,17H,1-6H2. The molecule has 2 unspecified atom stereocenters. The lowest BCUT2D eigenvalue weighted by Gasteiger charge is -2.37. The molecular formula is C14H18N2O2. The van der Waals surface area contributed by atoms with E-state index in [1.54, 1.807) is 6.20 Å². The van der Waals surface area contributed by atoms with Crippen molar-refractivity contribution in [1.82, 2.24) is 9.88 Å². The number of aromatic nitrogens is 1. The van der Waals surface area contributed by atoms with E-state index < -0.39 is 0 Å². The van der Waals surface area contributed by atoms with Gasteiger partial charge >= 0.3 is 0 Å². The summed E-state index contributed by atoms with van der Waals surface area (Å²) in [6.07, 6.45) is 8.87. The summed E-state index contributed by atoms with van der Waals surface area (Å²) in [5.74, 6) is 0.767. The van der Waals surface area contributed by atoms with Crippen LogP contribution < -0.4 is 0 Å². The highest BCUT2D eigenvalue weighted by Crippen LogP contribution is 2.37. The number of nitrogens with zero attached hydrogens (tertiary/aromatic N) is 2. The first-order valence-electron chi connectivity index (χ1n) is 6.70. The van der Waals surface area contributed by atoms with Crippen LogP contribution in [0.5, 0.6) is 5.75 Å². The molecule has 1 saturated heterocycles. The number of hydrogen-bond donors (Lipinski definition) is 1. The zero-order chi connectivity index (χ0) is 12.5. The molecule has 0 aromatic carbocycles. The molecule has 2 heterocycles. The predicted octanol–water partition coefficient (Wildman–Crippen LogP) is 2.19. The first kappa shape index (κ1) is 11.5. The average molecular weight is 246 g/mol. The van der Waals surface area contributed by atoms with E-state index in [4.69, 9.17) is 0 Å². The van der Waals surface area contributed by atoms with Crippen LogP contribution >= 0.6 is 0 Å². The fourth-order valence-corrected chi connectivity index (χ4v) is 3.42. The molecule has 3 rings (SSSR count). The van der Waals surface area contributed by atoms with E-state index in [-0.39, 0.29) is 11.7 Å². The normalized spacial score (nSPS) is 27.0. The predicted molar refractivity (Wildman–Crippen MR) is 67.3 cm³/mol. The van der Waals surface area contributed by atoms with Crippen LogP contribution in [0.1, 0.15) is 42.5 Å².